The number of esters is 1. The molecule has 4 saturated carbocycles. The van der Waals surface area contributed by atoms with Gasteiger partial charge in [-0.15, -0.1) is 0 Å². The van der Waals surface area contributed by atoms with Crippen LogP contribution in [0.3, 0.4) is 0 Å². The molecular formula is C47H74O18. The van der Waals surface area contributed by atoms with Gasteiger partial charge in [0.05, 0.1) is 24.7 Å². The molecule has 24 atom stereocenters. The Morgan fingerprint density at radius 3 is 2.09 bits per heavy atom. The van der Waals surface area contributed by atoms with E-state index < -0.39 is 121 Å². The van der Waals surface area contributed by atoms with Crippen molar-refractivity contribution in [2.75, 3.05) is 13.2 Å². The average Bonchev–Trinajstić information content (AvgIpc) is 3.25. The summed E-state index contributed by atoms with van der Waals surface area (Å²) in [4.78, 5) is 26.9. The fourth-order valence-corrected chi connectivity index (χ4v) is 15.0. The summed E-state index contributed by atoms with van der Waals surface area (Å²) in [5.41, 5.74) is -0.830. The van der Waals surface area contributed by atoms with Crippen LogP contribution in [-0.2, 0) is 38.0 Å². The minimum atomic E-state index is -1.92. The van der Waals surface area contributed by atoms with Crippen LogP contribution in [0.15, 0.2) is 11.6 Å². The van der Waals surface area contributed by atoms with Gasteiger partial charge in [-0.2, -0.15) is 0 Å². The fraction of sp³-hybridized carbons (Fsp3) is 0.915. The molecule has 0 spiro atoms. The predicted octanol–water partition coefficient (Wildman–Crippen LogP) is 0.728. The number of hydrogen-bond donors (Lipinski definition) is 10. The molecule has 0 radical (unpaired) electrons. The molecule has 5 aliphatic carbocycles. The van der Waals surface area contributed by atoms with Gasteiger partial charge in [0.1, 0.15) is 61.0 Å². The van der Waals surface area contributed by atoms with Crippen LogP contribution in [0, 0.1) is 56.7 Å². The van der Waals surface area contributed by atoms with Gasteiger partial charge < -0.3 is 79.5 Å². The van der Waals surface area contributed by atoms with Crippen molar-refractivity contribution in [2.45, 2.75) is 198 Å². The summed E-state index contributed by atoms with van der Waals surface area (Å²) in [5.74, 6) is -1.39. The minimum Gasteiger partial charge on any atom is -0.479 e. The summed E-state index contributed by atoms with van der Waals surface area (Å²) in [6.45, 7) is 14.9. The molecule has 0 aromatic rings. The van der Waals surface area contributed by atoms with Crippen LogP contribution in [0.4, 0.5) is 0 Å². The highest BCUT2D eigenvalue weighted by Gasteiger charge is 2.70. The monoisotopic (exact) mass is 926 g/mol. The van der Waals surface area contributed by atoms with E-state index in [4.69, 9.17) is 28.4 Å². The zero-order valence-corrected chi connectivity index (χ0v) is 38.6. The molecule has 10 N–H and O–H groups in total. The molecule has 0 aromatic heterocycles. The van der Waals surface area contributed by atoms with Crippen molar-refractivity contribution >= 4 is 11.9 Å². The summed E-state index contributed by atoms with van der Waals surface area (Å²) in [6, 6.07) is 0. The number of rotatable bonds is 8. The highest BCUT2D eigenvalue weighted by molar-refractivity contribution is 5.79. The normalized spacial score (nSPS) is 54.2. The molecule has 18 heteroatoms. The number of fused-ring (bicyclic) bond motifs is 7. The number of aliphatic hydroxyl groups is 9. The molecule has 370 valence electrons. The van der Waals surface area contributed by atoms with E-state index in [9.17, 15) is 60.7 Å². The maximum atomic E-state index is 14.7. The highest BCUT2D eigenvalue weighted by Crippen LogP contribution is 2.76. The summed E-state index contributed by atoms with van der Waals surface area (Å²) in [6.07, 6.45) is -14.4. The number of aliphatic hydroxyl groups excluding tert-OH is 9. The zero-order valence-electron chi connectivity index (χ0n) is 38.6. The summed E-state index contributed by atoms with van der Waals surface area (Å²) in [7, 11) is 0. The first-order valence-corrected chi connectivity index (χ1v) is 23.8. The second-order valence-electron chi connectivity index (χ2n) is 22.5. The molecule has 0 unspecified atom stereocenters. The van der Waals surface area contributed by atoms with Crippen molar-refractivity contribution in [3.63, 3.8) is 0 Å². The van der Waals surface area contributed by atoms with Gasteiger partial charge in [-0.05, 0) is 109 Å². The molecule has 65 heavy (non-hydrogen) atoms. The molecule has 18 nitrogen and oxygen atoms in total. The van der Waals surface area contributed by atoms with Crippen LogP contribution >= 0.6 is 0 Å². The molecule has 3 saturated heterocycles. The van der Waals surface area contributed by atoms with Gasteiger partial charge >= 0.3 is 11.9 Å². The Labute approximate surface area is 380 Å². The van der Waals surface area contributed by atoms with E-state index in [1.165, 1.54) is 5.57 Å². The van der Waals surface area contributed by atoms with Crippen LogP contribution in [-0.4, -0.2) is 168 Å². The van der Waals surface area contributed by atoms with E-state index in [-0.39, 0.29) is 46.5 Å². The average molecular weight is 927 g/mol. The third-order valence-corrected chi connectivity index (χ3v) is 19.2. The number of hydrogen-bond acceptors (Lipinski definition) is 17. The summed E-state index contributed by atoms with van der Waals surface area (Å²) >= 11 is 0. The molecule has 0 bridgehead atoms. The smallest absolute Gasteiger partial charge is 0.335 e. The Bertz CT molecular complexity index is 1810. The number of carbonyl (C=O) groups excluding carboxylic acids is 1. The van der Waals surface area contributed by atoms with Crippen molar-refractivity contribution in [3.8, 4) is 0 Å². The molecular weight excluding hydrogens is 852 g/mol. The Balaban J connectivity index is 1.05. The van der Waals surface area contributed by atoms with Gasteiger partial charge in [-0.25, -0.2) is 4.79 Å². The van der Waals surface area contributed by atoms with Crippen molar-refractivity contribution < 1.29 is 89.1 Å². The quantitative estimate of drug-likeness (QED) is 0.0912. The number of carboxylic acid groups (broad SMARTS) is 1. The number of aliphatic carboxylic acids is 1. The Kier molecular flexibility index (Phi) is 13.3. The van der Waals surface area contributed by atoms with Crippen molar-refractivity contribution in [2.24, 2.45) is 56.7 Å². The van der Waals surface area contributed by atoms with E-state index in [1.54, 1.807) is 0 Å². The van der Waals surface area contributed by atoms with Crippen molar-refractivity contribution in [1.82, 2.24) is 0 Å². The highest BCUT2D eigenvalue weighted by atomic mass is 16.8. The lowest BCUT2D eigenvalue weighted by Crippen LogP contribution is -2.67. The number of carbonyl (C=O) groups is 2. The van der Waals surface area contributed by atoms with Crippen LogP contribution in [0.2, 0.25) is 0 Å². The van der Waals surface area contributed by atoms with Gasteiger partial charge in [0.15, 0.2) is 18.7 Å². The summed E-state index contributed by atoms with van der Waals surface area (Å²) < 4.78 is 35.6. The maximum absolute atomic E-state index is 14.7. The largest absolute Gasteiger partial charge is 0.479 e. The Morgan fingerprint density at radius 2 is 1.42 bits per heavy atom. The van der Waals surface area contributed by atoms with Gasteiger partial charge in [0.2, 0.25) is 6.29 Å². The van der Waals surface area contributed by atoms with E-state index in [2.05, 4.69) is 54.5 Å². The predicted molar refractivity (Wildman–Crippen MR) is 225 cm³/mol. The first kappa shape index (κ1) is 49.5. The number of carboxylic acids is 1. The molecule has 3 heterocycles. The van der Waals surface area contributed by atoms with Crippen LogP contribution in [0.25, 0.3) is 0 Å². The number of allylic oxidation sites excluding steroid dienone is 2. The maximum Gasteiger partial charge on any atom is 0.335 e. The standard InChI is InChI=1S/C47H74O18/c1-20-10-15-47(42(59)65-40-35(56)31(52)30(51)24(18-48)61-40)17-16-45(6)22(28(47)21(20)2)8-9-26-44(5)13-12-27(43(3,4)25(44)11-14-46(26,45)7)62-41-37(33(54)32(53)36(63-41)38(57)58)64-39-34(55)29(50)23(49)19-60-39/h8,20-21,23-37,39-41,48-56H,9-19H2,1-7H3,(H,57,58)/t20-,21+,23-,24-,25+,26+,27-,28+,29+,30-,31+,32+,33+,34-,35-,36+,37-,39+,40+,41-,44+,45+,46-,47-/m0/s1. The molecule has 8 rings (SSSR count). The van der Waals surface area contributed by atoms with Gasteiger partial charge in [0, 0.05) is 0 Å². The Hall–Kier alpha value is -1.88. The lowest BCUT2D eigenvalue weighted by molar-refractivity contribution is -0.366. The van der Waals surface area contributed by atoms with E-state index in [0.29, 0.717) is 25.2 Å². The summed E-state index contributed by atoms with van der Waals surface area (Å²) in [5, 5.41) is 105. The molecule has 3 aliphatic heterocycles. The molecule has 0 aromatic carbocycles. The number of ether oxygens (including phenoxy) is 6. The molecule has 0 amide bonds. The van der Waals surface area contributed by atoms with Gasteiger partial charge in [-0.3, -0.25) is 4.79 Å². The Morgan fingerprint density at radius 1 is 0.723 bits per heavy atom. The first-order valence-electron chi connectivity index (χ1n) is 23.8. The van der Waals surface area contributed by atoms with Gasteiger partial charge in [-0.1, -0.05) is 60.1 Å². The second kappa shape index (κ2) is 17.5. The minimum absolute atomic E-state index is 0.115. The zero-order chi connectivity index (χ0) is 47.5. The first-order chi connectivity index (χ1) is 30.4. The lowest BCUT2D eigenvalue weighted by Gasteiger charge is -2.71. The van der Waals surface area contributed by atoms with Crippen LogP contribution in [0.1, 0.15) is 106 Å². The van der Waals surface area contributed by atoms with Crippen LogP contribution in [0.5, 0.6) is 0 Å². The molecule has 8 aliphatic rings. The third kappa shape index (κ3) is 7.58. The van der Waals surface area contributed by atoms with E-state index in [1.807, 2.05) is 0 Å². The molecule has 7 fully saturated rings. The van der Waals surface area contributed by atoms with E-state index >= 15 is 0 Å². The fourth-order valence-electron chi connectivity index (χ4n) is 15.0. The van der Waals surface area contributed by atoms with Crippen LogP contribution < -0.4 is 0 Å². The van der Waals surface area contributed by atoms with Gasteiger partial charge in [0.25, 0.3) is 0 Å². The second-order valence-corrected chi connectivity index (χ2v) is 22.5. The SMILES string of the molecule is C[C@@H]1[C@@H](C)CC[C@]2(C(=O)O[C@H]3O[C@@H](CO)[C@H](O)[C@@H](O)[C@@H]3O)CC[C@]3(C)C(=CC[C@@H]4[C@]5(C)CC[C@H](O[C@H]6O[C@@H](C(=O)O)[C@H](O)[C@@H](O)[C@@H]6O[C@H]6OC[C@H](O)[C@@H](O)[C@@H]6O)C(C)(C)[C@H]5CC[C@@]43C)[C@@H]12. The third-order valence-electron chi connectivity index (χ3n) is 19.2. The topological polar surface area (TPSA) is 292 Å². The lowest BCUT2D eigenvalue weighted by atomic mass is 9.33. The van der Waals surface area contributed by atoms with Crippen molar-refractivity contribution in [1.29, 1.82) is 0 Å². The van der Waals surface area contributed by atoms with Crippen molar-refractivity contribution in [3.05, 3.63) is 11.6 Å². The van der Waals surface area contributed by atoms with E-state index in [0.717, 1.165) is 38.5 Å².